The molecule has 82 valence electrons. The molecule has 1 aliphatic rings. The highest BCUT2D eigenvalue weighted by atomic mass is 15.4. The summed E-state index contributed by atoms with van der Waals surface area (Å²) in [6.07, 6.45) is 11.6. The van der Waals surface area contributed by atoms with Gasteiger partial charge in [0.25, 0.3) is 0 Å². The molecule has 2 nitrogen and oxygen atoms in total. The summed E-state index contributed by atoms with van der Waals surface area (Å²) < 4.78 is 0. The molecule has 0 saturated carbocycles. The number of rotatable bonds is 6. The molecule has 0 amide bonds. The Balaban J connectivity index is 2.35. The van der Waals surface area contributed by atoms with Crippen molar-refractivity contribution in [1.82, 2.24) is 9.80 Å². The fraction of sp³-hybridized carbons (Fsp3) is 0.833. The van der Waals surface area contributed by atoms with Crippen LogP contribution in [0.5, 0.6) is 0 Å². The highest BCUT2D eigenvalue weighted by Gasteiger charge is 2.21. The minimum Gasteiger partial charge on any atom is -0.359 e. The number of hydrogen-bond donors (Lipinski definition) is 0. The van der Waals surface area contributed by atoms with Gasteiger partial charge in [0.15, 0.2) is 0 Å². The van der Waals surface area contributed by atoms with Crippen LogP contribution in [0.3, 0.4) is 0 Å². The summed E-state index contributed by atoms with van der Waals surface area (Å²) in [5.74, 6) is 0. The average Bonchev–Trinajstić information content (AvgIpc) is 2.53. The summed E-state index contributed by atoms with van der Waals surface area (Å²) in [5.41, 5.74) is 0. The smallest absolute Gasteiger partial charge is 0.100 e. The van der Waals surface area contributed by atoms with Gasteiger partial charge in [-0.3, -0.25) is 0 Å². The molecule has 0 spiro atoms. The van der Waals surface area contributed by atoms with Crippen molar-refractivity contribution in [1.29, 1.82) is 0 Å². The number of nitrogens with zero attached hydrogens (tertiary/aromatic N) is 2. The van der Waals surface area contributed by atoms with Gasteiger partial charge in [-0.1, -0.05) is 26.7 Å². The molecule has 0 aromatic heterocycles. The predicted molar refractivity (Wildman–Crippen MR) is 61.8 cm³/mol. The maximum Gasteiger partial charge on any atom is 0.100 e. The van der Waals surface area contributed by atoms with Gasteiger partial charge in [-0.05, 0) is 19.3 Å². The molecule has 2 heteroatoms. The zero-order valence-corrected chi connectivity index (χ0v) is 9.87. The quantitative estimate of drug-likeness (QED) is 0.644. The van der Waals surface area contributed by atoms with Crippen LogP contribution >= 0.6 is 0 Å². The van der Waals surface area contributed by atoms with Gasteiger partial charge < -0.3 is 9.80 Å². The van der Waals surface area contributed by atoms with E-state index in [-0.39, 0.29) is 0 Å². The third-order valence-electron chi connectivity index (χ3n) is 2.93. The van der Waals surface area contributed by atoms with E-state index in [1.807, 2.05) is 0 Å². The highest BCUT2D eigenvalue weighted by Crippen LogP contribution is 2.19. The Bertz CT molecular complexity index is 177. The fourth-order valence-corrected chi connectivity index (χ4v) is 1.94. The highest BCUT2D eigenvalue weighted by molar-refractivity contribution is 4.95. The van der Waals surface area contributed by atoms with Crippen LogP contribution in [-0.4, -0.2) is 29.6 Å². The molecule has 0 saturated heterocycles. The van der Waals surface area contributed by atoms with Gasteiger partial charge >= 0.3 is 0 Å². The first-order valence-electron chi connectivity index (χ1n) is 5.95. The van der Waals surface area contributed by atoms with Gasteiger partial charge in [-0.15, -0.1) is 0 Å². The summed E-state index contributed by atoms with van der Waals surface area (Å²) in [7, 11) is 2.18. The minimum absolute atomic E-state index is 0.626. The minimum atomic E-state index is 0.626. The van der Waals surface area contributed by atoms with Crippen molar-refractivity contribution in [3.05, 3.63) is 12.4 Å². The van der Waals surface area contributed by atoms with Gasteiger partial charge in [-0.25, -0.2) is 0 Å². The second-order valence-electron chi connectivity index (χ2n) is 4.18. The van der Waals surface area contributed by atoms with Crippen LogP contribution in [0.15, 0.2) is 12.4 Å². The van der Waals surface area contributed by atoms with Crippen molar-refractivity contribution in [3.63, 3.8) is 0 Å². The molecule has 1 rings (SSSR count). The summed E-state index contributed by atoms with van der Waals surface area (Å²) in [4.78, 5) is 4.82. The van der Waals surface area contributed by atoms with Crippen molar-refractivity contribution in [2.24, 2.45) is 0 Å². The van der Waals surface area contributed by atoms with E-state index in [0.29, 0.717) is 6.17 Å². The summed E-state index contributed by atoms with van der Waals surface area (Å²) in [6, 6.07) is 0. The summed E-state index contributed by atoms with van der Waals surface area (Å²) in [5, 5.41) is 0. The second-order valence-corrected chi connectivity index (χ2v) is 4.18. The zero-order valence-electron chi connectivity index (χ0n) is 9.87. The topological polar surface area (TPSA) is 6.48 Å². The Morgan fingerprint density at radius 2 is 1.79 bits per heavy atom. The molecule has 0 N–H and O–H groups in total. The maximum absolute atomic E-state index is 2.49. The molecular weight excluding hydrogens is 172 g/mol. The lowest BCUT2D eigenvalue weighted by atomic mass is 10.2. The van der Waals surface area contributed by atoms with Crippen LogP contribution in [0.1, 0.15) is 46.0 Å². The normalized spacial score (nSPS) is 20.9. The van der Waals surface area contributed by atoms with Crippen LogP contribution in [0.4, 0.5) is 0 Å². The van der Waals surface area contributed by atoms with Crippen molar-refractivity contribution >= 4 is 0 Å². The maximum atomic E-state index is 2.49. The van der Waals surface area contributed by atoms with Crippen molar-refractivity contribution < 1.29 is 0 Å². The third-order valence-corrected chi connectivity index (χ3v) is 2.93. The van der Waals surface area contributed by atoms with Crippen molar-refractivity contribution in [2.45, 2.75) is 52.1 Å². The monoisotopic (exact) mass is 196 g/mol. The fourth-order valence-electron chi connectivity index (χ4n) is 1.94. The van der Waals surface area contributed by atoms with Crippen LogP contribution in [0, 0.1) is 0 Å². The lowest BCUT2D eigenvalue weighted by molar-refractivity contribution is 0.161. The predicted octanol–water partition coefficient (Wildman–Crippen LogP) is 3.02. The van der Waals surface area contributed by atoms with Gasteiger partial charge in [0, 0.05) is 26.0 Å². The van der Waals surface area contributed by atoms with Gasteiger partial charge in [0.05, 0.1) is 0 Å². The lowest BCUT2D eigenvalue weighted by Gasteiger charge is -2.30. The number of hydrogen-bond acceptors (Lipinski definition) is 2. The summed E-state index contributed by atoms with van der Waals surface area (Å²) >= 11 is 0. The Labute approximate surface area is 88.6 Å². The molecule has 0 aromatic carbocycles. The Morgan fingerprint density at radius 1 is 1.07 bits per heavy atom. The molecule has 1 heterocycles. The Morgan fingerprint density at radius 3 is 2.43 bits per heavy atom. The Kier molecular flexibility index (Phi) is 4.85. The van der Waals surface area contributed by atoms with E-state index < -0.39 is 0 Å². The van der Waals surface area contributed by atoms with E-state index in [1.54, 1.807) is 0 Å². The zero-order chi connectivity index (χ0) is 10.4. The van der Waals surface area contributed by atoms with E-state index in [9.17, 15) is 0 Å². The summed E-state index contributed by atoms with van der Waals surface area (Å²) in [6.45, 7) is 5.73. The van der Waals surface area contributed by atoms with Crippen molar-refractivity contribution in [2.75, 3.05) is 13.6 Å². The van der Waals surface area contributed by atoms with Crippen LogP contribution in [-0.2, 0) is 0 Å². The average molecular weight is 196 g/mol. The van der Waals surface area contributed by atoms with Crippen LogP contribution < -0.4 is 0 Å². The molecule has 0 aromatic rings. The first kappa shape index (κ1) is 11.4. The lowest BCUT2D eigenvalue weighted by Crippen LogP contribution is -2.36. The van der Waals surface area contributed by atoms with E-state index in [1.165, 1.54) is 38.6 Å². The molecule has 0 radical (unpaired) electrons. The molecule has 0 bridgehead atoms. The van der Waals surface area contributed by atoms with Gasteiger partial charge in [0.2, 0.25) is 0 Å². The van der Waals surface area contributed by atoms with Gasteiger partial charge in [0.1, 0.15) is 6.17 Å². The molecule has 0 aliphatic carbocycles. The number of unbranched alkanes of at least 4 members (excludes halogenated alkanes) is 2. The molecule has 1 unspecified atom stereocenters. The third kappa shape index (κ3) is 2.93. The molecule has 1 atom stereocenters. The van der Waals surface area contributed by atoms with E-state index in [4.69, 9.17) is 0 Å². The SMILES string of the molecule is CCCCC1N(C)C=CN1CCCC. The first-order valence-corrected chi connectivity index (χ1v) is 5.95. The Hall–Kier alpha value is -0.660. The van der Waals surface area contributed by atoms with E-state index in [2.05, 4.69) is 43.1 Å². The van der Waals surface area contributed by atoms with Crippen LogP contribution in [0.25, 0.3) is 0 Å². The van der Waals surface area contributed by atoms with Gasteiger partial charge in [-0.2, -0.15) is 0 Å². The van der Waals surface area contributed by atoms with Crippen LogP contribution in [0.2, 0.25) is 0 Å². The molecule has 1 aliphatic heterocycles. The second kappa shape index (κ2) is 5.94. The van der Waals surface area contributed by atoms with Crippen molar-refractivity contribution in [3.8, 4) is 0 Å². The standard InChI is InChI=1S/C12H24N2/c1-4-6-8-12-13(3)10-11-14(12)9-7-5-2/h10-12H,4-9H2,1-3H3. The molecule has 14 heavy (non-hydrogen) atoms. The first-order chi connectivity index (χ1) is 6.79. The molecule has 0 fully saturated rings. The molecular formula is C12H24N2. The van der Waals surface area contributed by atoms with E-state index >= 15 is 0 Å². The largest absolute Gasteiger partial charge is 0.359 e. The van der Waals surface area contributed by atoms with E-state index in [0.717, 1.165) is 0 Å².